The number of aryl methyl sites for hydroxylation is 4. The minimum Gasteiger partial charge on any atom is -0.0617 e. The van der Waals surface area contributed by atoms with Crippen LogP contribution in [0, 0.1) is 27.7 Å². The highest BCUT2D eigenvalue weighted by Gasteiger charge is 2.28. The molecule has 0 heteroatoms. The smallest absolute Gasteiger partial charge is 0.0146 e. The molecule has 28 heavy (non-hydrogen) atoms. The van der Waals surface area contributed by atoms with Crippen LogP contribution in [0.4, 0.5) is 0 Å². The quantitative estimate of drug-likeness (QED) is 0.444. The molecule has 0 radical (unpaired) electrons. The Balaban J connectivity index is 2.05. The van der Waals surface area contributed by atoms with Gasteiger partial charge in [0.2, 0.25) is 0 Å². The molecule has 0 N–H and O–H groups in total. The molecular weight excluding hydrogens is 336 g/mol. The molecule has 0 atom stereocenters. The molecular formula is C28H34. The number of hydrogen-bond donors (Lipinski definition) is 0. The highest BCUT2D eigenvalue weighted by atomic mass is 14.3. The minimum atomic E-state index is -0.0340. The summed E-state index contributed by atoms with van der Waals surface area (Å²) in [5.41, 5.74) is 10.8. The fourth-order valence-electron chi connectivity index (χ4n) is 3.89. The second kappa shape index (κ2) is 7.24. The van der Waals surface area contributed by atoms with E-state index in [1.165, 1.54) is 44.5 Å². The molecule has 0 aliphatic carbocycles. The minimum absolute atomic E-state index is 0.0340. The van der Waals surface area contributed by atoms with E-state index < -0.39 is 0 Å². The van der Waals surface area contributed by atoms with E-state index in [4.69, 9.17) is 0 Å². The summed E-state index contributed by atoms with van der Waals surface area (Å²) < 4.78 is 0. The summed E-state index contributed by atoms with van der Waals surface area (Å²) >= 11 is 0. The maximum absolute atomic E-state index is 2.41. The van der Waals surface area contributed by atoms with Crippen molar-refractivity contribution < 1.29 is 0 Å². The monoisotopic (exact) mass is 370 g/mol. The summed E-state index contributed by atoms with van der Waals surface area (Å²) in [6.07, 6.45) is 0. The Morgan fingerprint density at radius 2 is 0.786 bits per heavy atom. The van der Waals surface area contributed by atoms with E-state index in [1.54, 1.807) is 0 Å². The zero-order valence-corrected chi connectivity index (χ0v) is 18.8. The van der Waals surface area contributed by atoms with Crippen molar-refractivity contribution in [3.05, 3.63) is 105 Å². The Morgan fingerprint density at radius 3 is 1.14 bits per heavy atom. The Labute approximate surface area is 171 Å². The molecule has 0 aliphatic heterocycles. The summed E-state index contributed by atoms with van der Waals surface area (Å²) in [4.78, 5) is 0. The second-order valence-electron chi connectivity index (χ2n) is 9.43. The lowest BCUT2D eigenvalue weighted by Crippen LogP contribution is -2.23. The molecule has 3 aromatic rings. The standard InChI is InChI=1S/C28H34/c1-19-12-14-25(16-21(19)3)27(5,6)23-10-9-11-24(18-23)28(7,8)26-15-13-20(2)22(4)17-26/h9-18H,1-8H3. The molecule has 0 heterocycles. The van der Waals surface area contributed by atoms with Gasteiger partial charge in [-0.15, -0.1) is 0 Å². The van der Waals surface area contributed by atoms with E-state index >= 15 is 0 Å². The normalized spacial score (nSPS) is 12.3. The molecule has 0 fully saturated rings. The van der Waals surface area contributed by atoms with Crippen LogP contribution in [0.2, 0.25) is 0 Å². The van der Waals surface area contributed by atoms with E-state index in [9.17, 15) is 0 Å². The van der Waals surface area contributed by atoms with Crippen molar-refractivity contribution in [2.75, 3.05) is 0 Å². The van der Waals surface area contributed by atoms with Gasteiger partial charge >= 0.3 is 0 Å². The van der Waals surface area contributed by atoms with Gasteiger partial charge in [-0.2, -0.15) is 0 Å². The van der Waals surface area contributed by atoms with Crippen molar-refractivity contribution in [3.63, 3.8) is 0 Å². The summed E-state index contributed by atoms with van der Waals surface area (Å²) in [6, 6.07) is 22.9. The van der Waals surface area contributed by atoms with Gasteiger partial charge in [0.05, 0.1) is 0 Å². The predicted octanol–water partition coefficient (Wildman–Crippen LogP) is 7.57. The van der Waals surface area contributed by atoms with E-state index in [2.05, 4.69) is 116 Å². The fraction of sp³-hybridized carbons (Fsp3) is 0.357. The third kappa shape index (κ3) is 3.65. The first-order valence-electron chi connectivity index (χ1n) is 10.3. The SMILES string of the molecule is Cc1ccc(C(C)(C)c2cccc(C(C)(C)c3ccc(C)c(C)c3)c2)cc1C. The molecule has 0 aromatic heterocycles. The Kier molecular flexibility index (Phi) is 5.28. The van der Waals surface area contributed by atoms with Gasteiger partial charge in [0.15, 0.2) is 0 Å². The third-order valence-corrected chi connectivity index (χ3v) is 6.76. The van der Waals surface area contributed by atoms with Gasteiger partial charge in [0, 0.05) is 10.8 Å². The van der Waals surface area contributed by atoms with E-state index in [0.717, 1.165) is 0 Å². The van der Waals surface area contributed by atoms with Gasteiger partial charge in [-0.25, -0.2) is 0 Å². The van der Waals surface area contributed by atoms with Gasteiger partial charge in [0.1, 0.15) is 0 Å². The molecule has 0 saturated heterocycles. The highest BCUT2D eigenvalue weighted by Crippen LogP contribution is 2.37. The van der Waals surface area contributed by atoms with Crippen LogP contribution >= 0.6 is 0 Å². The number of hydrogen-bond acceptors (Lipinski definition) is 0. The molecule has 0 bridgehead atoms. The van der Waals surface area contributed by atoms with Crippen molar-refractivity contribution in [3.8, 4) is 0 Å². The molecule has 0 aliphatic rings. The predicted molar refractivity (Wildman–Crippen MR) is 123 cm³/mol. The van der Waals surface area contributed by atoms with Crippen LogP contribution in [0.5, 0.6) is 0 Å². The van der Waals surface area contributed by atoms with Gasteiger partial charge < -0.3 is 0 Å². The third-order valence-electron chi connectivity index (χ3n) is 6.76. The maximum atomic E-state index is 2.41. The largest absolute Gasteiger partial charge is 0.0617 e. The zero-order chi connectivity index (χ0) is 20.7. The first kappa shape index (κ1) is 20.4. The summed E-state index contributed by atoms with van der Waals surface area (Å²) in [5, 5.41) is 0. The maximum Gasteiger partial charge on any atom is 0.0146 e. The van der Waals surface area contributed by atoms with Crippen LogP contribution in [-0.2, 0) is 10.8 Å². The molecule has 3 rings (SSSR count). The number of benzene rings is 3. The topological polar surface area (TPSA) is 0 Å². The van der Waals surface area contributed by atoms with Gasteiger partial charge in [-0.05, 0) is 72.2 Å². The number of rotatable bonds is 4. The van der Waals surface area contributed by atoms with Crippen LogP contribution in [0.15, 0.2) is 60.7 Å². The molecule has 0 amide bonds. The lowest BCUT2D eigenvalue weighted by Gasteiger charge is -2.31. The lowest BCUT2D eigenvalue weighted by atomic mass is 9.73. The lowest BCUT2D eigenvalue weighted by molar-refractivity contribution is 0.616. The van der Waals surface area contributed by atoms with Crippen molar-refractivity contribution >= 4 is 0 Å². The van der Waals surface area contributed by atoms with E-state index in [0.29, 0.717) is 0 Å². The zero-order valence-electron chi connectivity index (χ0n) is 18.8. The van der Waals surface area contributed by atoms with Crippen LogP contribution in [0.3, 0.4) is 0 Å². The van der Waals surface area contributed by atoms with Gasteiger partial charge in [0.25, 0.3) is 0 Å². The van der Waals surface area contributed by atoms with Crippen LogP contribution in [0.1, 0.15) is 72.2 Å². The van der Waals surface area contributed by atoms with Crippen molar-refractivity contribution in [2.24, 2.45) is 0 Å². The molecule has 3 aromatic carbocycles. The first-order valence-corrected chi connectivity index (χ1v) is 10.3. The Bertz CT molecular complexity index is 924. The van der Waals surface area contributed by atoms with E-state index in [-0.39, 0.29) is 10.8 Å². The summed E-state index contributed by atoms with van der Waals surface area (Å²) in [6.45, 7) is 18.1. The molecule has 0 nitrogen and oxygen atoms in total. The summed E-state index contributed by atoms with van der Waals surface area (Å²) in [7, 11) is 0. The summed E-state index contributed by atoms with van der Waals surface area (Å²) in [5.74, 6) is 0. The Hall–Kier alpha value is -2.34. The molecule has 0 saturated carbocycles. The second-order valence-corrected chi connectivity index (χ2v) is 9.43. The fourth-order valence-corrected chi connectivity index (χ4v) is 3.89. The average Bonchev–Trinajstić information content (AvgIpc) is 2.66. The van der Waals surface area contributed by atoms with Gasteiger partial charge in [-0.3, -0.25) is 0 Å². The van der Waals surface area contributed by atoms with E-state index in [1.807, 2.05) is 0 Å². The van der Waals surface area contributed by atoms with Crippen molar-refractivity contribution in [1.82, 2.24) is 0 Å². The molecule has 146 valence electrons. The first-order chi connectivity index (χ1) is 13.0. The van der Waals surface area contributed by atoms with Crippen molar-refractivity contribution in [2.45, 2.75) is 66.2 Å². The van der Waals surface area contributed by atoms with Crippen molar-refractivity contribution in [1.29, 1.82) is 0 Å². The molecule has 0 spiro atoms. The Morgan fingerprint density at radius 1 is 0.429 bits per heavy atom. The van der Waals surface area contributed by atoms with Gasteiger partial charge in [-0.1, -0.05) is 88.4 Å². The average molecular weight is 371 g/mol. The molecule has 0 unspecified atom stereocenters. The van der Waals surface area contributed by atoms with Crippen LogP contribution in [0.25, 0.3) is 0 Å². The van der Waals surface area contributed by atoms with Crippen LogP contribution < -0.4 is 0 Å². The van der Waals surface area contributed by atoms with Crippen LogP contribution in [-0.4, -0.2) is 0 Å². The highest BCUT2D eigenvalue weighted by molar-refractivity contribution is 5.47.